The van der Waals surface area contributed by atoms with E-state index in [9.17, 15) is 9.90 Å². The van der Waals surface area contributed by atoms with Gasteiger partial charge in [0.15, 0.2) is 0 Å². The number of fused-ring (bicyclic) bond motifs is 1. The Morgan fingerprint density at radius 1 is 1.24 bits per heavy atom. The number of carbonyl (C=O) groups is 1. The van der Waals surface area contributed by atoms with Crippen molar-refractivity contribution >= 4 is 67.7 Å². The molecule has 9 heteroatoms. The third-order valence-corrected chi connectivity index (χ3v) is 6.32. The summed E-state index contributed by atoms with van der Waals surface area (Å²) in [7, 11) is 0. The lowest BCUT2D eigenvalue weighted by Crippen LogP contribution is -2.31. The molecule has 4 rings (SSSR count). The highest BCUT2D eigenvalue weighted by atomic mass is 79.9. The van der Waals surface area contributed by atoms with Crippen LogP contribution in [0.3, 0.4) is 0 Å². The van der Waals surface area contributed by atoms with E-state index in [1.807, 2.05) is 12.1 Å². The van der Waals surface area contributed by atoms with Crippen LogP contribution in [0.4, 0.5) is 11.4 Å². The Morgan fingerprint density at radius 2 is 2.03 bits per heavy atom. The van der Waals surface area contributed by atoms with Crippen molar-refractivity contribution in [3.05, 3.63) is 57.7 Å². The number of hydrogen-bond donors (Lipinski definition) is 2. The molecule has 2 heterocycles. The van der Waals surface area contributed by atoms with Crippen molar-refractivity contribution in [3.8, 4) is 0 Å². The maximum absolute atomic E-state index is 11.7. The first kappa shape index (κ1) is 20.4. The number of nitrogens with one attached hydrogen (secondary N) is 1. The molecule has 1 aromatic heterocycles. The number of aromatic carboxylic acids is 1. The van der Waals surface area contributed by atoms with Crippen LogP contribution < -0.4 is 5.32 Å². The van der Waals surface area contributed by atoms with E-state index in [1.54, 1.807) is 42.4 Å². The maximum Gasteiger partial charge on any atom is 0.337 e. The number of carboxylic acid groups (broad SMARTS) is 1. The SMILES string of the molecule is O=C(O)c1ccc(Br)cc1Nc1c(SN2CCOCC2)cnc2ccc(Cl)cc12. The van der Waals surface area contributed by atoms with Gasteiger partial charge in [-0.25, -0.2) is 9.10 Å². The standard InChI is InChI=1S/C20H17BrClN3O3S/c21-12-1-3-14(20(26)27)17(9-12)24-19-15-10-13(22)2-4-16(15)23-11-18(19)29-25-5-7-28-8-6-25/h1-4,9-11H,5-8H2,(H,23,24)(H,26,27). The van der Waals surface area contributed by atoms with E-state index < -0.39 is 5.97 Å². The van der Waals surface area contributed by atoms with Crippen LogP contribution in [0.5, 0.6) is 0 Å². The van der Waals surface area contributed by atoms with E-state index in [-0.39, 0.29) is 5.56 Å². The maximum atomic E-state index is 11.7. The van der Waals surface area contributed by atoms with Crippen molar-refractivity contribution < 1.29 is 14.6 Å². The Hall–Kier alpha value is -1.84. The van der Waals surface area contributed by atoms with Gasteiger partial charge in [0.2, 0.25) is 0 Å². The van der Waals surface area contributed by atoms with Crippen molar-refractivity contribution in [2.45, 2.75) is 4.90 Å². The van der Waals surface area contributed by atoms with E-state index in [0.717, 1.165) is 39.0 Å². The zero-order valence-electron chi connectivity index (χ0n) is 15.2. The van der Waals surface area contributed by atoms with Crippen LogP contribution in [-0.4, -0.2) is 46.7 Å². The van der Waals surface area contributed by atoms with Gasteiger partial charge >= 0.3 is 5.97 Å². The first-order valence-corrected chi connectivity index (χ1v) is 10.8. The summed E-state index contributed by atoms with van der Waals surface area (Å²) in [5.74, 6) is -1.00. The van der Waals surface area contributed by atoms with Gasteiger partial charge in [0.05, 0.1) is 40.6 Å². The number of halogens is 2. The monoisotopic (exact) mass is 493 g/mol. The number of pyridine rings is 1. The minimum absolute atomic E-state index is 0.183. The molecule has 2 N–H and O–H groups in total. The molecule has 0 radical (unpaired) electrons. The molecule has 29 heavy (non-hydrogen) atoms. The summed E-state index contributed by atoms with van der Waals surface area (Å²) in [6, 6.07) is 10.5. The van der Waals surface area contributed by atoms with E-state index in [1.165, 1.54) is 0 Å². The number of ether oxygens (including phenoxy) is 1. The van der Waals surface area contributed by atoms with Gasteiger partial charge in [-0.05, 0) is 48.3 Å². The molecule has 6 nitrogen and oxygen atoms in total. The third kappa shape index (κ3) is 4.67. The highest BCUT2D eigenvalue weighted by Gasteiger charge is 2.19. The Kier molecular flexibility index (Phi) is 6.26. The second kappa shape index (κ2) is 8.89. The van der Waals surface area contributed by atoms with E-state index in [0.29, 0.717) is 23.9 Å². The minimum atomic E-state index is -1.00. The van der Waals surface area contributed by atoms with Gasteiger partial charge in [0, 0.05) is 34.2 Å². The first-order chi connectivity index (χ1) is 14.0. The molecule has 0 atom stereocenters. The molecule has 1 aliphatic heterocycles. The Balaban J connectivity index is 1.82. The van der Waals surface area contributed by atoms with Gasteiger partial charge in [-0.15, -0.1) is 0 Å². The molecule has 150 valence electrons. The number of benzene rings is 2. The zero-order chi connectivity index (χ0) is 20.4. The number of anilines is 2. The molecule has 1 saturated heterocycles. The molecule has 2 aromatic carbocycles. The fraction of sp³-hybridized carbons (Fsp3) is 0.200. The molecule has 3 aromatic rings. The highest BCUT2D eigenvalue weighted by molar-refractivity contribution is 9.10. The largest absolute Gasteiger partial charge is 0.478 e. The lowest BCUT2D eigenvalue weighted by molar-refractivity contribution is 0.0698. The predicted octanol–water partition coefficient (Wildman–Crippen LogP) is 5.43. The summed E-state index contributed by atoms with van der Waals surface area (Å²) in [6.45, 7) is 2.96. The lowest BCUT2D eigenvalue weighted by Gasteiger charge is -2.26. The second-order valence-electron chi connectivity index (χ2n) is 6.41. The van der Waals surface area contributed by atoms with Crippen LogP contribution >= 0.6 is 39.5 Å². The molecule has 1 aliphatic rings. The normalized spacial score (nSPS) is 14.8. The highest BCUT2D eigenvalue weighted by Crippen LogP contribution is 2.39. The van der Waals surface area contributed by atoms with Gasteiger partial charge in [-0.1, -0.05) is 27.5 Å². The van der Waals surface area contributed by atoms with E-state index >= 15 is 0 Å². The molecule has 1 fully saturated rings. The summed E-state index contributed by atoms with van der Waals surface area (Å²) in [4.78, 5) is 17.2. The molecule has 0 bridgehead atoms. The molecule has 0 aliphatic carbocycles. The van der Waals surface area contributed by atoms with Gasteiger partial charge < -0.3 is 15.2 Å². The van der Waals surface area contributed by atoms with Crippen LogP contribution in [0.15, 0.2) is 52.0 Å². The fourth-order valence-electron chi connectivity index (χ4n) is 3.06. The van der Waals surface area contributed by atoms with Crippen molar-refractivity contribution in [2.75, 3.05) is 31.6 Å². The fourth-order valence-corrected chi connectivity index (χ4v) is 4.56. The minimum Gasteiger partial charge on any atom is -0.478 e. The molecule has 0 amide bonds. The van der Waals surface area contributed by atoms with Crippen molar-refractivity contribution in [1.29, 1.82) is 0 Å². The molecular weight excluding hydrogens is 478 g/mol. The quantitative estimate of drug-likeness (QED) is 0.458. The first-order valence-electron chi connectivity index (χ1n) is 8.90. The van der Waals surface area contributed by atoms with E-state index in [2.05, 4.69) is 30.5 Å². The summed E-state index contributed by atoms with van der Waals surface area (Å²) in [5.41, 5.74) is 2.22. The third-order valence-electron chi connectivity index (χ3n) is 4.46. The average molecular weight is 495 g/mol. The number of aromatic nitrogens is 1. The summed E-state index contributed by atoms with van der Waals surface area (Å²) < 4.78 is 8.42. The number of morpholine rings is 1. The van der Waals surface area contributed by atoms with Crippen LogP contribution in [0, 0.1) is 0 Å². The number of nitrogens with zero attached hydrogens (tertiary/aromatic N) is 2. The van der Waals surface area contributed by atoms with Gasteiger partial charge in [-0.2, -0.15) is 0 Å². The molecule has 0 spiro atoms. The van der Waals surface area contributed by atoms with Gasteiger partial charge in [0.25, 0.3) is 0 Å². The smallest absolute Gasteiger partial charge is 0.337 e. The van der Waals surface area contributed by atoms with E-state index in [4.69, 9.17) is 16.3 Å². The summed E-state index contributed by atoms with van der Waals surface area (Å²) in [5, 5.41) is 14.4. The van der Waals surface area contributed by atoms with Crippen molar-refractivity contribution in [1.82, 2.24) is 9.29 Å². The van der Waals surface area contributed by atoms with Crippen LogP contribution in [0.2, 0.25) is 5.02 Å². The van der Waals surface area contributed by atoms with Crippen LogP contribution in [0.1, 0.15) is 10.4 Å². The molecular formula is C20H17BrClN3O3S. The van der Waals surface area contributed by atoms with Crippen LogP contribution in [-0.2, 0) is 4.74 Å². The molecule has 0 saturated carbocycles. The van der Waals surface area contributed by atoms with Gasteiger partial charge in [0.1, 0.15) is 0 Å². The molecule has 0 unspecified atom stereocenters. The predicted molar refractivity (Wildman–Crippen MR) is 119 cm³/mol. The number of carboxylic acids is 1. The Morgan fingerprint density at radius 3 is 2.79 bits per heavy atom. The zero-order valence-corrected chi connectivity index (χ0v) is 18.4. The Labute approximate surface area is 185 Å². The summed E-state index contributed by atoms with van der Waals surface area (Å²) in [6.07, 6.45) is 1.80. The second-order valence-corrected chi connectivity index (χ2v) is 8.90. The lowest BCUT2D eigenvalue weighted by atomic mass is 10.1. The summed E-state index contributed by atoms with van der Waals surface area (Å²) >= 11 is 11.3. The van der Waals surface area contributed by atoms with Gasteiger partial charge in [-0.3, -0.25) is 4.98 Å². The van der Waals surface area contributed by atoms with Crippen LogP contribution in [0.25, 0.3) is 10.9 Å². The number of rotatable bonds is 5. The van der Waals surface area contributed by atoms with Crippen molar-refractivity contribution in [3.63, 3.8) is 0 Å². The van der Waals surface area contributed by atoms with Crippen molar-refractivity contribution in [2.24, 2.45) is 0 Å². The topological polar surface area (TPSA) is 74.7 Å². The average Bonchev–Trinajstić information content (AvgIpc) is 2.70. The Bertz CT molecular complexity index is 1080. The number of hydrogen-bond acceptors (Lipinski definition) is 6.